The number of pyridine rings is 1. The minimum atomic E-state index is -0.529. The first-order chi connectivity index (χ1) is 10.1. The van der Waals surface area contributed by atoms with Gasteiger partial charge in [-0.2, -0.15) is 5.26 Å². The molecule has 7 heteroatoms. The fourth-order valence-electron chi connectivity index (χ4n) is 1.70. The predicted molar refractivity (Wildman–Crippen MR) is 77.3 cm³/mol. The number of ether oxygens (including phenoxy) is 1. The first kappa shape index (κ1) is 14.7. The maximum atomic E-state index is 12.1. The minimum Gasteiger partial charge on any atom is -0.465 e. The van der Waals surface area contributed by atoms with Crippen molar-refractivity contribution < 1.29 is 14.3 Å². The molecule has 0 atom stereocenters. The molecule has 0 aliphatic heterocycles. The Morgan fingerprint density at radius 2 is 2.05 bits per heavy atom. The van der Waals surface area contributed by atoms with Gasteiger partial charge in [-0.25, -0.2) is 4.79 Å². The Labute approximate surface area is 125 Å². The van der Waals surface area contributed by atoms with Crippen molar-refractivity contribution in [2.24, 2.45) is 0 Å². The van der Waals surface area contributed by atoms with E-state index in [4.69, 9.17) is 0 Å². The van der Waals surface area contributed by atoms with Crippen LogP contribution >= 0.6 is 11.3 Å². The first-order valence-electron chi connectivity index (χ1n) is 5.91. The summed E-state index contributed by atoms with van der Waals surface area (Å²) in [4.78, 5) is 27.8. The number of hydrogen-bond acceptors (Lipinski definition) is 6. The van der Waals surface area contributed by atoms with Crippen LogP contribution in [0.4, 0.5) is 5.00 Å². The van der Waals surface area contributed by atoms with Gasteiger partial charge < -0.3 is 10.1 Å². The SMILES string of the molecule is COC(=O)c1sc(NC(=O)c2ccncc2)c(C#N)c1C. The monoisotopic (exact) mass is 301 g/mol. The van der Waals surface area contributed by atoms with Crippen molar-refractivity contribution in [3.8, 4) is 6.07 Å². The Balaban J connectivity index is 2.35. The zero-order chi connectivity index (χ0) is 15.4. The fraction of sp³-hybridized carbons (Fsp3) is 0.143. The molecule has 1 amide bonds. The van der Waals surface area contributed by atoms with Crippen molar-refractivity contribution in [2.75, 3.05) is 12.4 Å². The lowest BCUT2D eigenvalue weighted by atomic mass is 10.1. The number of methoxy groups -OCH3 is 1. The average Bonchev–Trinajstić information content (AvgIpc) is 2.83. The minimum absolute atomic E-state index is 0.266. The van der Waals surface area contributed by atoms with Crippen LogP contribution in [0.15, 0.2) is 24.5 Å². The van der Waals surface area contributed by atoms with Gasteiger partial charge in [-0.3, -0.25) is 9.78 Å². The molecule has 0 spiro atoms. The quantitative estimate of drug-likeness (QED) is 0.879. The van der Waals surface area contributed by atoms with Gasteiger partial charge in [0.2, 0.25) is 0 Å². The Morgan fingerprint density at radius 1 is 1.38 bits per heavy atom. The maximum absolute atomic E-state index is 12.1. The molecular formula is C14H11N3O3S. The van der Waals surface area contributed by atoms with Gasteiger partial charge in [0.05, 0.1) is 12.7 Å². The molecule has 0 aliphatic carbocycles. The Hall–Kier alpha value is -2.72. The summed E-state index contributed by atoms with van der Waals surface area (Å²) in [6, 6.07) is 5.11. The van der Waals surface area contributed by atoms with Crippen LogP contribution in [0, 0.1) is 18.3 Å². The molecule has 0 radical (unpaired) electrons. The van der Waals surface area contributed by atoms with E-state index in [1.165, 1.54) is 19.5 Å². The molecule has 0 saturated heterocycles. The highest BCUT2D eigenvalue weighted by molar-refractivity contribution is 7.18. The van der Waals surface area contributed by atoms with Gasteiger partial charge in [-0.15, -0.1) is 11.3 Å². The van der Waals surface area contributed by atoms with Gasteiger partial charge in [0.1, 0.15) is 15.9 Å². The van der Waals surface area contributed by atoms with Gasteiger partial charge in [-0.1, -0.05) is 0 Å². The Kier molecular flexibility index (Phi) is 4.30. The molecule has 21 heavy (non-hydrogen) atoms. The van der Waals surface area contributed by atoms with Gasteiger partial charge in [-0.05, 0) is 24.6 Å². The van der Waals surface area contributed by atoms with Gasteiger partial charge in [0.15, 0.2) is 0 Å². The molecule has 0 aromatic carbocycles. The molecule has 0 aliphatic rings. The van der Waals surface area contributed by atoms with E-state index < -0.39 is 5.97 Å². The van der Waals surface area contributed by atoms with E-state index >= 15 is 0 Å². The third-order valence-corrected chi connectivity index (χ3v) is 3.99. The number of rotatable bonds is 3. The largest absolute Gasteiger partial charge is 0.465 e. The van der Waals surface area contributed by atoms with E-state index in [9.17, 15) is 14.9 Å². The van der Waals surface area contributed by atoms with Gasteiger partial charge in [0.25, 0.3) is 5.91 Å². The zero-order valence-corrected chi connectivity index (χ0v) is 12.2. The predicted octanol–water partition coefficient (Wildman–Crippen LogP) is 2.36. The molecule has 0 saturated carbocycles. The van der Waals surface area contributed by atoms with Crippen molar-refractivity contribution in [1.29, 1.82) is 5.26 Å². The van der Waals surface area contributed by atoms with E-state index in [2.05, 4.69) is 15.0 Å². The number of hydrogen-bond donors (Lipinski definition) is 1. The number of amides is 1. The molecular weight excluding hydrogens is 290 g/mol. The van der Waals surface area contributed by atoms with Crippen LogP contribution in [-0.4, -0.2) is 24.0 Å². The topological polar surface area (TPSA) is 92.1 Å². The van der Waals surface area contributed by atoms with E-state index in [-0.39, 0.29) is 11.5 Å². The average molecular weight is 301 g/mol. The highest BCUT2D eigenvalue weighted by atomic mass is 32.1. The lowest BCUT2D eigenvalue weighted by Gasteiger charge is -2.02. The second kappa shape index (κ2) is 6.15. The van der Waals surface area contributed by atoms with Crippen molar-refractivity contribution in [2.45, 2.75) is 6.92 Å². The third kappa shape index (κ3) is 2.90. The van der Waals surface area contributed by atoms with Crippen LogP contribution in [0.2, 0.25) is 0 Å². The number of carbonyl (C=O) groups is 2. The molecule has 106 valence electrons. The lowest BCUT2D eigenvalue weighted by Crippen LogP contribution is -2.11. The summed E-state index contributed by atoms with van der Waals surface area (Å²) in [5.41, 5.74) is 1.18. The van der Waals surface area contributed by atoms with Crippen molar-refractivity contribution >= 4 is 28.2 Å². The highest BCUT2D eigenvalue weighted by Crippen LogP contribution is 2.33. The number of esters is 1. The van der Waals surface area contributed by atoms with Crippen molar-refractivity contribution in [1.82, 2.24) is 4.98 Å². The van der Waals surface area contributed by atoms with E-state index in [1.54, 1.807) is 19.1 Å². The number of nitriles is 1. The number of thiophene rings is 1. The van der Waals surface area contributed by atoms with Crippen LogP contribution in [-0.2, 0) is 4.74 Å². The summed E-state index contributed by atoms with van der Waals surface area (Å²) in [5, 5.41) is 12.2. The van der Waals surface area contributed by atoms with Crippen LogP contribution in [0.25, 0.3) is 0 Å². The highest BCUT2D eigenvalue weighted by Gasteiger charge is 2.22. The Morgan fingerprint density at radius 3 is 2.62 bits per heavy atom. The summed E-state index contributed by atoms with van der Waals surface area (Å²) in [6.45, 7) is 1.64. The summed E-state index contributed by atoms with van der Waals surface area (Å²) < 4.78 is 4.66. The van der Waals surface area contributed by atoms with Crippen molar-refractivity contribution in [3.05, 3.63) is 46.1 Å². The molecule has 2 aromatic heterocycles. The zero-order valence-electron chi connectivity index (χ0n) is 11.3. The number of nitrogens with one attached hydrogen (secondary N) is 1. The van der Waals surface area contributed by atoms with Crippen LogP contribution in [0.3, 0.4) is 0 Å². The lowest BCUT2D eigenvalue weighted by molar-refractivity contribution is 0.0605. The third-order valence-electron chi connectivity index (χ3n) is 2.80. The molecule has 0 fully saturated rings. The van der Waals surface area contributed by atoms with Gasteiger partial charge in [0, 0.05) is 18.0 Å². The number of carbonyl (C=O) groups excluding carboxylic acids is 2. The normalized spacial score (nSPS) is 9.76. The Bertz CT molecular complexity index is 732. The van der Waals surface area contributed by atoms with Gasteiger partial charge >= 0.3 is 5.97 Å². The summed E-state index contributed by atoms with van der Waals surface area (Å²) in [6.07, 6.45) is 3.00. The standard InChI is InChI=1S/C14H11N3O3S/c1-8-10(7-15)13(21-11(8)14(19)20-2)17-12(18)9-3-5-16-6-4-9/h3-6H,1-2H3,(H,17,18). The smallest absolute Gasteiger partial charge is 0.348 e. The molecule has 1 N–H and O–H groups in total. The number of anilines is 1. The van der Waals surface area contributed by atoms with E-state index in [1.807, 2.05) is 6.07 Å². The summed E-state index contributed by atoms with van der Waals surface area (Å²) in [5.74, 6) is -0.898. The molecule has 0 bridgehead atoms. The molecule has 2 heterocycles. The molecule has 2 rings (SSSR count). The first-order valence-corrected chi connectivity index (χ1v) is 6.73. The second-order valence-corrected chi connectivity index (χ2v) is 5.07. The fourth-order valence-corrected chi connectivity index (χ4v) is 2.77. The maximum Gasteiger partial charge on any atom is 0.348 e. The summed E-state index contributed by atoms with van der Waals surface area (Å²) >= 11 is 1.02. The van der Waals surface area contributed by atoms with E-state index in [0.717, 1.165) is 11.3 Å². The number of nitrogens with zero attached hydrogens (tertiary/aromatic N) is 2. The molecule has 2 aromatic rings. The van der Waals surface area contributed by atoms with Crippen LogP contribution < -0.4 is 5.32 Å². The van der Waals surface area contributed by atoms with E-state index in [0.29, 0.717) is 21.0 Å². The summed E-state index contributed by atoms with van der Waals surface area (Å²) in [7, 11) is 1.27. The molecule has 6 nitrogen and oxygen atoms in total. The molecule has 0 unspecified atom stereocenters. The van der Waals surface area contributed by atoms with Crippen LogP contribution in [0.1, 0.15) is 31.2 Å². The van der Waals surface area contributed by atoms with Crippen LogP contribution in [0.5, 0.6) is 0 Å². The van der Waals surface area contributed by atoms with Crippen molar-refractivity contribution in [3.63, 3.8) is 0 Å². The number of aromatic nitrogens is 1. The second-order valence-electron chi connectivity index (χ2n) is 4.05.